The second-order valence-corrected chi connectivity index (χ2v) is 7.58. The molecule has 5 heteroatoms. The standard InChI is InChI=1S/C21H27N3O2/c1-26-18-8-6-17(7-9-18)21(10-2-3-11-21)20(25)24-14-4-5-16(15-24)19-22-12-13-23-19/h6-9,12-13,16H,2-5,10-11,14-15H2,1H3,(H,22,23). The molecule has 1 atom stereocenters. The van der Waals surface area contributed by atoms with Gasteiger partial charge in [-0.15, -0.1) is 0 Å². The van der Waals surface area contributed by atoms with Crippen molar-refractivity contribution in [3.05, 3.63) is 48.0 Å². The Morgan fingerprint density at radius 1 is 1.23 bits per heavy atom. The molecule has 1 aliphatic carbocycles. The summed E-state index contributed by atoms with van der Waals surface area (Å²) in [6, 6.07) is 8.11. The quantitative estimate of drug-likeness (QED) is 0.913. The molecule has 1 N–H and O–H groups in total. The van der Waals surface area contributed by atoms with Gasteiger partial charge in [-0.05, 0) is 43.4 Å². The summed E-state index contributed by atoms with van der Waals surface area (Å²) in [5.74, 6) is 2.46. The monoisotopic (exact) mass is 353 g/mol. The first kappa shape index (κ1) is 17.1. The van der Waals surface area contributed by atoms with Crippen molar-refractivity contribution < 1.29 is 9.53 Å². The number of imidazole rings is 1. The van der Waals surface area contributed by atoms with Gasteiger partial charge in [-0.2, -0.15) is 0 Å². The molecule has 0 spiro atoms. The number of likely N-dealkylation sites (tertiary alicyclic amines) is 1. The molecular weight excluding hydrogens is 326 g/mol. The van der Waals surface area contributed by atoms with E-state index in [0.717, 1.165) is 68.8 Å². The van der Waals surface area contributed by atoms with Crippen LogP contribution in [0.5, 0.6) is 5.75 Å². The van der Waals surface area contributed by atoms with Gasteiger partial charge < -0.3 is 14.6 Å². The third kappa shape index (κ3) is 3.00. The van der Waals surface area contributed by atoms with Gasteiger partial charge in [-0.1, -0.05) is 25.0 Å². The molecule has 2 aromatic rings. The van der Waals surface area contributed by atoms with E-state index in [2.05, 4.69) is 27.0 Å². The fourth-order valence-electron chi connectivity index (χ4n) is 4.70. The number of benzene rings is 1. The van der Waals surface area contributed by atoms with Crippen LogP contribution < -0.4 is 4.74 Å². The largest absolute Gasteiger partial charge is 0.497 e. The van der Waals surface area contributed by atoms with Gasteiger partial charge in [-0.25, -0.2) is 4.98 Å². The minimum absolute atomic E-state index is 0.302. The summed E-state index contributed by atoms with van der Waals surface area (Å²) in [6.45, 7) is 1.62. The van der Waals surface area contributed by atoms with Crippen molar-refractivity contribution in [2.24, 2.45) is 0 Å². The highest BCUT2D eigenvalue weighted by Crippen LogP contribution is 2.44. The van der Waals surface area contributed by atoms with Crippen LogP contribution in [-0.4, -0.2) is 41.0 Å². The van der Waals surface area contributed by atoms with Crippen molar-refractivity contribution in [3.63, 3.8) is 0 Å². The Morgan fingerprint density at radius 3 is 2.65 bits per heavy atom. The Labute approximate surface area is 154 Å². The first-order chi connectivity index (χ1) is 12.7. The van der Waals surface area contributed by atoms with Crippen LogP contribution in [0.4, 0.5) is 0 Å². The number of H-pyrrole nitrogens is 1. The van der Waals surface area contributed by atoms with Crippen LogP contribution in [0.1, 0.15) is 55.8 Å². The van der Waals surface area contributed by atoms with Crippen molar-refractivity contribution in [2.75, 3.05) is 20.2 Å². The van der Waals surface area contributed by atoms with Crippen LogP contribution in [0.25, 0.3) is 0 Å². The molecule has 0 radical (unpaired) electrons. The van der Waals surface area contributed by atoms with Crippen LogP contribution in [0.2, 0.25) is 0 Å². The van der Waals surface area contributed by atoms with Crippen molar-refractivity contribution in [2.45, 2.75) is 49.9 Å². The van der Waals surface area contributed by atoms with E-state index in [1.165, 1.54) is 0 Å². The summed E-state index contributed by atoms with van der Waals surface area (Å²) in [5, 5.41) is 0. The molecule has 2 fully saturated rings. The smallest absolute Gasteiger partial charge is 0.233 e. The number of hydrogen-bond acceptors (Lipinski definition) is 3. The molecule has 4 rings (SSSR count). The zero-order valence-electron chi connectivity index (χ0n) is 15.4. The van der Waals surface area contributed by atoms with Crippen LogP contribution >= 0.6 is 0 Å². The number of piperidine rings is 1. The van der Waals surface area contributed by atoms with Gasteiger partial charge in [0.05, 0.1) is 12.5 Å². The summed E-state index contributed by atoms with van der Waals surface area (Å²) < 4.78 is 5.29. The molecule has 138 valence electrons. The van der Waals surface area contributed by atoms with Crippen LogP contribution in [0, 0.1) is 0 Å². The Kier molecular flexibility index (Phi) is 4.70. The van der Waals surface area contributed by atoms with Gasteiger partial charge in [0, 0.05) is 31.4 Å². The van der Waals surface area contributed by atoms with Gasteiger partial charge in [0.2, 0.25) is 5.91 Å². The predicted octanol–water partition coefficient (Wildman–Crippen LogP) is 3.64. The van der Waals surface area contributed by atoms with E-state index in [-0.39, 0.29) is 5.41 Å². The molecule has 1 amide bonds. The number of aromatic nitrogens is 2. The molecule has 1 unspecified atom stereocenters. The number of carbonyl (C=O) groups is 1. The minimum Gasteiger partial charge on any atom is -0.497 e. The number of hydrogen-bond donors (Lipinski definition) is 1. The molecule has 1 aromatic heterocycles. The molecule has 1 saturated carbocycles. The maximum Gasteiger partial charge on any atom is 0.233 e. The summed E-state index contributed by atoms with van der Waals surface area (Å²) in [6.07, 6.45) is 9.92. The average molecular weight is 353 g/mol. The first-order valence-electron chi connectivity index (χ1n) is 9.66. The predicted molar refractivity (Wildman–Crippen MR) is 100 cm³/mol. The number of amides is 1. The second kappa shape index (κ2) is 7.14. The number of rotatable bonds is 4. The van der Waals surface area contributed by atoms with E-state index in [0.29, 0.717) is 11.8 Å². The van der Waals surface area contributed by atoms with E-state index in [4.69, 9.17) is 4.74 Å². The summed E-state index contributed by atoms with van der Waals surface area (Å²) in [5.41, 5.74) is 0.776. The molecule has 2 heterocycles. The molecular formula is C21H27N3O2. The Bertz CT molecular complexity index is 733. The zero-order valence-corrected chi connectivity index (χ0v) is 15.4. The fraction of sp³-hybridized carbons (Fsp3) is 0.524. The van der Waals surface area contributed by atoms with E-state index in [1.54, 1.807) is 13.3 Å². The summed E-state index contributed by atoms with van der Waals surface area (Å²) in [4.78, 5) is 23.4. The van der Waals surface area contributed by atoms with Gasteiger partial charge in [0.1, 0.15) is 11.6 Å². The lowest BCUT2D eigenvalue weighted by Crippen LogP contribution is -2.49. The molecule has 1 aromatic carbocycles. The topological polar surface area (TPSA) is 58.2 Å². The third-order valence-corrected chi connectivity index (χ3v) is 6.12. The SMILES string of the molecule is COc1ccc(C2(C(=O)N3CCCC(c4ncc[nH]4)C3)CCCC2)cc1. The van der Waals surface area contributed by atoms with Gasteiger partial charge in [0.15, 0.2) is 0 Å². The van der Waals surface area contributed by atoms with Crippen LogP contribution in [0.15, 0.2) is 36.7 Å². The molecule has 1 aliphatic heterocycles. The molecule has 26 heavy (non-hydrogen) atoms. The number of aromatic amines is 1. The van der Waals surface area contributed by atoms with E-state index < -0.39 is 0 Å². The lowest BCUT2D eigenvalue weighted by atomic mass is 9.77. The van der Waals surface area contributed by atoms with Gasteiger partial charge in [-0.3, -0.25) is 4.79 Å². The highest BCUT2D eigenvalue weighted by molar-refractivity contribution is 5.89. The number of carbonyl (C=O) groups excluding carboxylic acids is 1. The number of ether oxygens (including phenoxy) is 1. The lowest BCUT2D eigenvalue weighted by Gasteiger charge is -2.39. The number of nitrogens with one attached hydrogen (secondary N) is 1. The van der Waals surface area contributed by atoms with Crippen molar-refractivity contribution >= 4 is 5.91 Å². The van der Waals surface area contributed by atoms with Crippen LogP contribution in [-0.2, 0) is 10.2 Å². The van der Waals surface area contributed by atoms with E-state index in [1.807, 2.05) is 18.3 Å². The number of nitrogens with zero attached hydrogens (tertiary/aromatic N) is 2. The van der Waals surface area contributed by atoms with Crippen molar-refractivity contribution in [1.29, 1.82) is 0 Å². The highest BCUT2D eigenvalue weighted by atomic mass is 16.5. The average Bonchev–Trinajstić information content (AvgIpc) is 3.40. The maximum atomic E-state index is 13.7. The first-order valence-corrected chi connectivity index (χ1v) is 9.66. The van der Waals surface area contributed by atoms with Crippen molar-refractivity contribution in [3.8, 4) is 5.75 Å². The summed E-state index contributed by atoms with van der Waals surface area (Å²) >= 11 is 0. The van der Waals surface area contributed by atoms with E-state index in [9.17, 15) is 4.79 Å². The molecule has 5 nitrogen and oxygen atoms in total. The fourth-order valence-corrected chi connectivity index (χ4v) is 4.70. The lowest BCUT2D eigenvalue weighted by molar-refractivity contribution is -0.138. The van der Waals surface area contributed by atoms with Gasteiger partial charge in [0.25, 0.3) is 0 Å². The third-order valence-electron chi connectivity index (χ3n) is 6.12. The Morgan fingerprint density at radius 2 is 2.00 bits per heavy atom. The Balaban J connectivity index is 1.58. The van der Waals surface area contributed by atoms with Crippen molar-refractivity contribution in [1.82, 2.24) is 14.9 Å². The molecule has 0 bridgehead atoms. The van der Waals surface area contributed by atoms with E-state index >= 15 is 0 Å². The summed E-state index contributed by atoms with van der Waals surface area (Å²) in [7, 11) is 1.67. The van der Waals surface area contributed by atoms with Gasteiger partial charge >= 0.3 is 0 Å². The molecule has 2 aliphatic rings. The number of methoxy groups -OCH3 is 1. The second-order valence-electron chi connectivity index (χ2n) is 7.58. The minimum atomic E-state index is -0.364. The highest BCUT2D eigenvalue weighted by Gasteiger charge is 2.45. The Hall–Kier alpha value is -2.30. The molecule has 1 saturated heterocycles. The normalized spacial score (nSPS) is 22.3. The zero-order chi connectivity index (χ0) is 18.0. The maximum absolute atomic E-state index is 13.7. The van der Waals surface area contributed by atoms with Crippen LogP contribution in [0.3, 0.4) is 0 Å².